The van der Waals surface area contributed by atoms with Gasteiger partial charge >= 0.3 is 0 Å². The topological polar surface area (TPSA) is 61.4 Å². The molecule has 1 fully saturated rings. The van der Waals surface area contributed by atoms with Gasteiger partial charge in [-0.15, -0.1) is 0 Å². The molecule has 2 aromatic rings. The lowest BCUT2D eigenvalue weighted by atomic mass is 9.74. The summed E-state index contributed by atoms with van der Waals surface area (Å²) in [6.07, 6.45) is 4.82. The summed E-state index contributed by atoms with van der Waals surface area (Å²) in [5, 5.41) is 17.9. The number of aliphatic hydroxyl groups excluding tert-OH is 1. The maximum atomic E-state index is 13.9. The van der Waals surface area contributed by atoms with Gasteiger partial charge in [-0.3, -0.25) is 4.79 Å². The number of amides is 1. The van der Waals surface area contributed by atoms with Crippen molar-refractivity contribution in [1.29, 1.82) is 0 Å². The summed E-state index contributed by atoms with van der Waals surface area (Å²) >= 11 is 0. The highest BCUT2D eigenvalue weighted by molar-refractivity contribution is 5.76. The van der Waals surface area contributed by atoms with Crippen LogP contribution in [0.4, 0.5) is 8.78 Å². The molecule has 0 aromatic heterocycles. The van der Waals surface area contributed by atoms with Crippen molar-refractivity contribution in [2.24, 2.45) is 5.92 Å². The van der Waals surface area contributed by atoms with Crippen LogP contribution in [0.3, 0.4) is 0 Å². The van der Waals surface area contributed by atoms with Crippen LogP contribution < -0.4 is 10.6 Å². The molecule has 2 unspecified atom stereocenters. The molecule has 1 aliphatic carbocycles. The van der Waals surface area contributed by atoms with E-state index in [0.29, 0.717) is 12.0 Å². The largest absolute Gasteiger partial charge is 0.390 e. The SMILES string of the molecule is CC(C)CC(=O)NC(Cc1cc(F)cc(F)c1)C(O)CNC1(c2cccc(C(C)(C)C)c2)CCCCC1. The van der Waals surface area contributed by atoms with Crippen LogP contribution in [0.2, 0.25) is 0 Å². The maximum absolute atomic E-state index is 13.9. The summed E-state index contributed by atoms with van der Waals surface area (Å²) in [5.74, 6) is -1.37. The average molecular weight is 515 g/mol. The monoisotopic (exact) mass is 514 g/mol. The highest BCUT2D eigenvalue weighted by atomic mass is 19.1. The zero-order chi connectivity index (χ0) is 27.2. The van der Waals surface area contributed by atoms with E-state index in [1.54, 1.807) is 0 Å². The molecule has 2 aromatic carbocycles. The maximum Gasteiger partial charge on any atom is 0.220 e. The van der Waals surface area contributed by atoms with Gasteiger partial charge in [0.25, 0.3) is 0 Å². The van der Waals surface area contributed by atoms with Crippen molar-refractivity contribution in [3.63, 3.8) is 0 Å². The molecule has 204 valence electrons. The van der Waals surface area contributed by atoms with Crippen molar-refractivity contribution in [3.8, 4) is 0 Å². The van der Waals surface area contributed by atoms with E-state index in [1.807, 2.05) is 13.8 Å². The molecule has 0 aliphatic heterocycles. The molecule has 0 bridgehead atoms. The number of hydrogen-bond donors (Lipinski definition) is 3. The summed E-state index contributed by atoms with van der Waals surface area (Å²) in [6.45, 7) is 10.8. The van der Waals surface area contributed by atoms with Crippen molar-refractivity contribution in [2.75, 3.05) is 6.54 Å². The Morgan fingerprint density at radius 3 is 2.27 bits per heavy atom. The summed E-state index contributed by atoms with van der Waals surface area (Å²) in [6, 6.07) is 11.4. The van der Waals surface area contributed by atoms with Gasteiger partial charge in [-0.05, 0) is 59.4 Å². The molecule has 0 spiro atoms. The van der Waals surface area contributed by atoms with Gasteiger partial charge in [0.1, 0.15) is 11.6 Å². The van der Waals surface area contributed by atoms with E-state index in [1.165, 1.54) is 29.7 Å². The Hall–Kier alpha value is -2.31. The van der Waals surface area contributed by atoms with Crippen molar-refractivity contribution < 1.29 is 18.7 Å². The Kier molecular flexibility index (Phi) is 9.87. The fourth-order valence-electron chi connectivity index (χ4n) is 5.35. The van der Waals surface area contributed by atoms with E-state index in [2.05, 4.69) is 55.7 Å². The number of carbonyl (C=O) groups is 1. The van der Waals surface area contributed by atoms with Gasteiger partial charge in [0.05, 0.1) is 12.1 Å². The minimum Gasteiger partial charge on any atom is -0.390 e. The number of hydrogen-bond acceptors (Lipinski definition) is 3. The van der Waals surface area contributed by atoms with Gasteiger partial charge in [0.2, 0.25) is 5.91 Å². The Labute approximate surface area is 221 Å². The number of rotatable bonds is 10. The fourth-order valence-corrected chi connectivity index (χ4v) is 5.35. The lowest BCUT2D eigenvalue weighted by Gasteiger charge is -2.41. The van der Waals surface area contributed by atoms with Crippen LogP contribution in [0.1, 0.15) is 89.8 Å². The lowest BCUT2D eigenvalue weighted by molar-refractivity contribution is -0.123. The number of benzene rings is 2. The van der Waals surface area contributed by atoms with E-state index < -0.39 is 23.8 Å². The molecule has 3 N–H and O–H groups in total. The summed E-state index contributed by atoms with van der Waals surface area (Å²) in [7, 11) is 0. The molecule has 3 rings (SSSR count). The van der Waals surface area contributed by atoms with Crippen LogP contribution in [0.15, 0.2) is 42.5 Å². The molecule has 37 heavy (non-hydrogen) atoms. The predicted molar refractivity (Wildman–Crippen MR) is 145 cm³/mol. The van der Waals surface area contributed by atoms with E-state index >= 15 is 0 Å². The Morgan fingerprint density at radius 2 is 1.68 bits per heavy atom. The van der Waals surface area contributed by atoms with Gasteiger partial charge in [0.15, 0.2) is 0 Å². The second-order valence-corrected chi connectivity index (χ2v) is 12.2. The predicted octanol–water partition coefficient (Wildman–Crippen LogP) is 6.15. The highest BCUT2D eigenvalue weighted by Gasteiger charge is 2.35. The summed E-state index contributed by atoms with van der Waals surface area (Å²) in [5.41, 5.74) is 2.65. The minimum absolute atomic E-state index is 0.0252. The van der Waals surface area contributed by atoms with Gasteiger partial charge in [-0.25, -0.2) is 8.78 Å². The van der Waals surface area contributed by atoms with Crippen molar-refractivity contribution in [2.45, 2.75) is 103 Å². The second kappa shape index (κ2) is 12.5. The molecule has 0 saturated heterocycles. The van der Waals surface area contributed by atoms with Crippen LogP contribution >= 0.6 is 0 Å². The van der Waals surface area contributed by atoms with Crippen LogP contribution in [-0.2, 0) is 22.2 Å². The number of halogens is 2. The first-order chi connectivity index (χ1) is 17.4. The molecule has 1 amide bonds. The third-order valence-corrected chi connectivity index (χ3v) is 7.42. The summed E-state index contributed by atoms with van der Waals surface area (Å²) in [4.78, 5) is 12.6. The Balaban J connectivity index is 1.82. The molecule has 4 nitrogen and oxygen atoms in total. The Bertz CT molecular complexity index is 1020. The molecule has 0 radical (unpaired) electrons. The minimum atomic E-state index is -0.938. The van der Waals surface area contributed by atoms with Gasteiger partial charge < -0.3 is 15.7 Å². The van der Waals surface area contributed by atoms with Crippen LogP contribution in [0, 0.1) is 17.6 Å². The van der Waals surface area contributed by atoms with Gasteiger partial charge in [-0.1, -0.05) is 78.1 Å². The van der Waals surface area contributed by atoms with E-state index in [9.17, 15) is 18.7 Å². The third kappa shape index (κ3) is 8.34. The summed E-state index contributed by atoms with van der Waals surface area (Å²) < 4.78 is 27.7. The smallest absolute Gasteiger partial charge is 0.220 e. The second-order valence-electron chi connectivity index (χ2n) is 12.2. The molecular formula is C31H44F2N2O2. The van der Waals surface area contributed by atoms with Crippen molar-refractivity contribution >= 4 is 5.91 Å². The van der Waals surface area contributed by atoms with E-state index in [-0.39, 0.29) is 35.7 Å². The number of aliphatic hydroxyl groups is 1. The van der Waals surface area contributed by atoms with E-state index in [4.69, 9.17) is 0 Å². The van der Waals surface area contributed by atoms with Crippen LogP contribution in [-0.4, -0.2) is 29.7 Å². The lowest BCUT2D eigenvalue weighted by Crippen LogP contribution is -2.53. The standard InChI is InChI=1S/C31H44F2N2O2/c1-21(2)14-29(37)35-27(17-22-15-25(32)19-26(33)16-22)28(36)20-34-31(12-7-6-8-13-31)24-11-9-10-23(18-24)30(3,4)5/h9-11,15-16,18-19,21,27-28,34,36H,6-8,12-14,17,20H2,1-5H3,(H,35,37). The van der Waals surface area contributed by atoms with Gasteiger partial charge in [-0.2, -0.15) is 0 Å². The normalized spacial score (nSPS) is 17.4. The van der Waals surface area contributed by atoms with Gasteiger partial charge in [0, 0.05) is 24.6 Å². The number of nitrogens with one attached hydrogen (secondary N) is 2. The molecular weight excluding hydrogens is 470 g/mol. The van der Waals surface area contributed by atoms with Crippen molar-refractivity contribution in [1.82, 2.24) is 10.6 Å². The van der Waals surface area contributed by atoms with Crippen molar-refractivity contribution in [3.05, 3.63) is 70.8 Å². The molecule has 2 atom stereocenters. The Morgan fingerprint density at radius 1 is 1.03 bits per heavy atom. The van der Waals surface area contributed by atoms with Crippen LogP contribution in [0.5, 0.6) is 0 Å². The third-order valence-electron chi connectivity index (χ3n) is 7.42. The quantitative estimate of drug-likeness (QED) is 0.357. The zero-order valence-electron chi connectivity index (χ0n) is 23.0. The average Bonchev–Trinajstić information content (AvgIpc) is 2.81. The fraction of sp³-hybridized carbons (Fsp3) is 0.581. The molecule has 0 heterocycles. The number of carbonyl (C=O) groups excluding carboxylic acids is 1. The first-order valence-electron chi connectivity index (χ1n) is 13.7. The molecule has 1 aliphatic rings. The van der Waals surface area contributed by atoms with E-state index in [0.717, 1.165) is 31.7 Å². The zero-order valence-corrected chi connectivity index (χ0v) is 23.0. The first-order valence-corrected chi connectivity index (χ1v) is 13.7. The molecule has 6 heteroatoms. The van der Waals surface area contributed by atoms with Crippen LogP contribution in [0.25, 0.3) is 0 Å². The molecule has 1 saturated carbocycles. The highest BCUT2D eigenvalue weighted by Crippen LogP contribution is 2.38. The first kappa shape index (κ1) is 29.2.